The fourth-order valence-electron chi connectivity index (χ4n) is 3.98. The minimum atomic E-state index is -0.710. The van der Waals surface area contributed by atoms with Crippen molar-refractivity contribution in [2.45, 2.75) is 56.7 Å². The zero-order chi connectivity index (χ0) is 17.6. The van der Waals surface area contributed by atoms with Gasteiger partial charge in [-0.15, -0.1) is 0 Å². The van der Waals surface area contributed by atoms with Crippen molar-refractivity contribution in [3.05, 3.63) is 12.4 Å². The Balaban J connectivity index is 1.62. The molecule has 1 aromatic rings. The second-order valence-corrected chi connectivity index (χ2v) is 9.20. The van der Waals surface area contributed by atoms with Gasteiger partial charge in [0.2, 0.25) is 0 Å². The highest BCUT2D eigenvalue weighted by Crippen LogP contribution is 2.27. The van der Waals surface area contributed by atoms with Gasteiger partial charge < -0.3 is 15.3 Å². The van der Waals surface area contributed by atoms with Crippen LogP contribution in [-0.2, 0) is 10.8 Å². The molecule has 2 fully saturated rings. The predicted molar refractivity (Wildman–Crippen MR) is 102 cm³/mol. The summed E-state index contributed by atoms with van der Waals surface area (Å²) in [4.78, 5) is 11.1. The molecule has 0 amide bonds. The zero-order valence-corrected chi connectivity index (χ0v) is 15.9. The molecule has 2 heterocycles. The molecule has 7 heteroatoms. The first-order valence-corrected chi connectivity index (χ1v) is 10.9. The molecule has 140 valence electrons. The topological polar surface area (TPSA) is 78.4 Å². The normalized spacial score (nSPS) is 28.6. The Hall–Kier alpha value is -1.21. The second kappa shape index (κ2) is 8.94. The highest BCUT2D eigenvalue weighted by Gasteiger charge is 2.26. The second-order valence-electron chi connectivity index (χ2n) is 7.20. The average molecular weight is 367 g/mol. The summed E-state index contributed by atoms with van der Waals surface area (Å²) in [6.45, 7) is 4.08. The summed E-state index contributed by atoms with van der Waals surface area (Å²) in [5.41, 5.74) is 0. The Bertz CT molecular complexity index is 586. The van der Waals surface area contributed by atoms with Gasteiger partial charge >= 0.3 is 0 Å². The molecule has 4 atom stereocenters. The van der Waals surface area contributed by atoms with E-state index >= 15 is 0 Å². The van der Waals surface area contributed by atoms with Gasteiger partial charge in [-0.3, -0.25) is 4.21 Å². The molecule has 0 spiro atoms. The summed E-state index contributed by atoms with van der Waals surface area (Å²) in [5, 5.41) is 13.3. The largest absolute Gasteiger partial charge is 0.396 e. The molecule has 1 saturated heterocycles. The van der Waals surface area contributed by atoms with E-state index in [1.807, 2.05) is 13.0 Å². The van der Waals surface area contributed by atoms with Crippen LogP contribution in [0.3, 0.4) is 0 Å². The lowest BCUT2D eigenvalue weighted by atomic mass is 9.95. The molecule has 4 unspecified atom stereocenters. The zero-order valence-electron chi connectivity index (χ0n) is 15.1. The molecule has 2 N–H and O–H groups in total. The van der Waals surface area contributed by atoms with Crippen LogP contribution >= 0.6 is 0 Å². The summed E-state index contributed by atoms with van der Waals surface area (Å²) in [7, 11) is -0.710. The summed E-state index contributed by atoms with van der Waals surface area (Å²) < 4.78 is 12.1. The molecule has 2 aliphatic rings. The van der Waals surface area contributed by atoms with Gasteiger partial charge in [0.15, 0.2) is 0 Å². The van der Waals surface area contributed by atoms with Crippen LogP contribution in [0.15, 0.2) is 12.4 Å². The summed E-state index contributed by atoms with van der Waals surface area (Å²) >= 11 is 0. The van der Waals surface area contributed by atoms with E-state index in [1.165, 1.54) is 0 Å². The average Bonchev–Trinajstić information content (AvgIpc) is 2.68. The van der Waals surface area contributed by atoms with E-state index in [9.17, 15) is 9.32 Å². The van der Waals surface area contributed by atoms with Gasteiger partial charge in [-0.2, -0.15) is 0 Å². The maximum atomic E-state index is 12.1. The molecule has 0 aromatic carbocycles. The maximum Gasteiger partial charge on any atom is 0.134 e. The quantitative estimate of drug-likeness (QED) is 0.803. The van der Waals surface area contributed by atoms with Crippen molar-refractivity contribution in [1.29, 1.82) is 0 Å². The summed E-state index contributed by atoms with van der Waals surface area (Å²) in [6.07, 6.45) is 8.04. The van der Waals surface area contributed by atoms with Crippen LogP contribution in [0.25, 0.3) is 0 Å². The van der Waals surface area contributed by atoms with E-state index in [-0.39, 0.29) is 6.61 Å². The fourth-order valence-corrected chi connectivity index (χ4v) is 5.33. The Morgan fingerprint density at radius 1 is 1.32 bits per heavy atom. The van der Waals surface area contributed by atoms with E-state index in [0.29, 0.717) is 17.2 Å². The SMILES string of the molecule is CCS(=O)C1CCCC(Nc2cc(N3CCCC(CO)C3)ncn2)C1. The number of hydrogen-bond donors (Lipinski definition) is 2. The van der Waals surface area contributed by atoms with Crippen molar-refractivity contribution in [3.8, 4) is 0 Å². The van der Waals surface area contributed by atoms with Crippen molar-refractivity contribution < 1.29 is 9.32 Å². The molecule has 1 saturated carbocycles. The molecule has 1 aliphatic heterocycles. The molecule has 6 nitrogen and oxygen atoms in total. The molecular weight excluding hydrogens is 336 g/mol. The van der Waals surface area contributed by atoms with E-state index < -0.39 is 10.8 Å². The number of aliphatic hydroxyl groups is 1. The Kier molecular flexibility index (Phi) is 6.64. The van der Waals surface area contributed by atoms with Crippen LogP contribution in [0, 0.1) is 5.92 Å². The first-order chi connectivity index (χ1) is 12.2. The third-order valence-corrected chi connectivity index (χ3v) is 7.13. The van der Waals surface area contributed by atoms with E-state index in [1.54, 1.807) is 6.33 Å². The lowest BCUT2D eigenvalue weighted by Gasteiger charge is -2.33. The lowest BCUT2D eigenvalue weighted by Crippen LogP contribution is -2.37. The number of anilines is 2. The smallest absolute Gasteiger partial charge is 0.134 e. The van der Waals surface area contributed by atoms with Gasteiger partial charge in [0.1, 0.15) is 18.0 Å². The van der Waals surface area contributed by atoms with Gasteiger partial charge in [0, 0.05) is 53.6 Å². The number of hydrogen-bond acceptors (Lipinski definition) is 6. The van der Waals surface area contributed by atoms with Crippen LogP contribution < -0.4 is 10.2 Å². The van der Waals surface area contributed by atoms with Crippen LogP contribution in [0.2, 0.25) is 0 Å². The Morgan fingerprint density at radius 3 is 3.00 bits per heavy atom. The Morgan fingerprint density at radius 2 is 2.20 bits per heavy atom. The van der Waals surface area contributed by atoms with Gasteiger partial charge in [-0.1, -0.05) is 13.3 Å². The van der Waals surface area contributed by atoms with Crippen LogP contribution in [0.5, 0.6) is 0 Å². The monoisotopic (exact) mass is 366 g/mol. The van der Waals surface area contributed by atoms with Crippen molar-refractivity contribution in [2.24, 2.45) is 5.92 Å². The van der Waals surface area contributed by atoms with Crippen LogP contribution in [-0.4, -0.2) is 56.0 Å². The number of aromatic nitrogens is 2. The number of nitrogens with one attached hydrogen (secondary N) is 1. The molecule has 3 rings (SSSR count). The first kappa shape index (κ1) is 18.6. The van der Waals surface area contributed by atoms with Crippen molar-refractivity contribution in [3.63, 3.8) is 0 Å². The van der Waals surface area contributed by atoms with Gasteiger partial charge in [0.05, 0.1) is 0 Å². The van der Waals surface area contributed by atoms with Gasteiger partial charge in [-0.25, -0.2) is 9.97 Å². The number of rotatable bonds is 6. The van der Waals surface area contributed by atoms with Crippen molar-refractivity contribution >= 4 is 22.4 Å². The lowest BCUT2D eigenvalue weighted by molar-refractivity contribution is 0.208. The highest BCUT2D eigenvalue weighted by molar-refractivity contribution is 7.85. The van der Waals surface area contributed by atoms with Crippen LogP contribution in [0.4, 0.5) is 11.6 Å². The number of piperidine rings is 1. The van der Waals surface area contributed by atoms with E-state index in [2.05, 4.69) is 20.2 Å². The minimum absolute atomic E-state index is 0.241. The fraction of sp³-hybridized carbons (Fsp3) is 0.778. The van der Waals surface area contributed by atoms with Crippen molar-refractivity contribution in [1.82, 2.24) is 9.97 Å². The number of aliphatic hydroxyl groups excluding tert-OH is 1. The standard InChI is InChI=1S/C18H30N4O2S/c1-2-25(24)16-7-3-6-15(9-16)21-17-10-18(20-13-19-17)22-8-4-5-14(11-22)12-23/h10,13-16,23H,2-9,11-12H2,1H3,(H,19,20,21). The van der Waals surface area contributed by atoms with Gasteiger partial charge in [-0.05, 0) is 38.0 Å². The third kappa shape index (κ3) is 4.91. The minimum Gasteiger partial charge on any atom is -0.396 e. The maximum absolute atomic E-state index is 12.1. The Labute approximate surface area is 152 Å². The predicted octanol–water partition coefficient (Wildman–Crippen LogP) is 2.18. The van der Waals surface area contributed by atoms with Gasteiger partial charge in [0.25, 0.3) is 0 Å². The first-order valence-electron chi connectivity index (χ1n) is 9.51. The highest BCUT2D eigenvalue weighted by atomic mass is 32.2. The number of nitrogens with zero attached hydrogens (tertiary/aromatic N) is 3. The molecular formula is C18H30N4O2S. The molecule has 1 aromatic heterocycles. The molecule has 0 bridgehead atoms. The van der Waals surface area contributed by atoms with E-state index in [0.717, 1.165) is 69.0 Å². The molecule has 0 radical (unpaired) electrons. The third-order valence-electron chi connectivity index (χ3n) is 5.39. The summed E-state index contributed by atoms with van der Waals surface area (Å²) in [5.74, 6) is 2.86. The molecule has 1 aliphatic carbocycles. The summed E-state index contributed by atoms with van der Waals surface area (Å²) in [6, 6.07) is 2.35. The van der Waals surface area contributed by atoms with Crippen molar-refractivity contribution in [2.75, 3.05) is 35.7 Å². The van der Waals surface area contributed by atoms with Crippen LogP contribution in [0.1, 0.15) is 45.4 Å². The van der Waals surface area contributed by atoms with E-state index in [4.69, 9.17) is 0 Å². The molecule has 25 heavy (non-hydrogen) atoms.